The Hall–Kier alpha value is -2.08. The van der Waals surface area contributed by atoms with Gasteiger partial charge in [0.1, 0.15) is 12.6 Å². The summed E-state index contributed by atoms with van der Waals surface area (Å²) < 4.78 is 10.1. The quantitative estimate of drug-likeness (QED) is 0.743. The van der Waals surface area contributed by atoms with E-state index in [1.54, 1.807) is 0 Å². The molecule has 3 N–H and O–H groups in total. The van der Waals surface area contributed by atoms with E-state index in [0.29, 0.717) is 0 Å². The largest absolute Gasteiger partial charge is 0.464 e. The third-order valence-corrected chi connectivity index (χ3v) is 2.58. The molecule has 1 aromatic carbocycles. The number of amides is 1. The van der Waals surface area contributed by atoms with Crippen LogP contribution in [0.15, 0.2) is 30.3 Å². The molecule has 0 saturated carbocycles. The SMILES string of the molecule is CC(C)COC(=O)[C@@H](CN)NC(=O)OCc1ccccc1. The highest BCUT2D eigenvalue weighted by atomic mass is 16.6. The standard InChI is InChI=1S/C15H22N2O4/c1-11(2)9-20-14(18)13(8-16)17-15(19)21-10-12-6-4-3-5-7-12/h3-7,11,13H,8-10,16H2,1-2H3,(H,17,19)/t13-/m1/s1. The number of carbonyl (C=O) groups is 2. The Morgan fingerprint density at radius 3 is 2.43 bits per heavy atom. The van der Waals surface area contributed by atoms with Crippen molar-refractivity contribution in [2.24, 2.45) is 11.7 Å². The average Bonchev–Trinajstić information content (AvgIpc) is 2.49. The molecule has 6 heteroatoms. The van der Waals surface area contributed by atoms with Gasteiger partial charge in [0, 0.05) is 6.54 Å². The Bertz CT molecular complexity index is 448. The number of alkyl carbamates (subject to hydrolysis) is 1. The summed E-state index contributed by atoms with van der Waals surface area (Å²) in [5.74, 6) is -0.333. The maximum absolute atomic E-state index is 11.7. The molecule has 21 heavy (non-hydrogen) atoms. The second-order valence-electron chi connectivity index (χ2n) is 5.02. The topological polar surface area (TPSA) is 90.6 Å². The lowest BCUT2D eigenvalue weighted by Gasteiger charge is -2.16. The maximum atomic E-state index is 11.7. The highest BCUT2D eigenvalue weighted by Crippen LogP contribution is 2.01. The number of hydrogen-bond acceptors (Lipinski definition) is 5. The first-order valence-electron chi connectivity index (χ1n) is 6.86. The highest BCUT2D eigenvalue weighted by molar-refractivity contribution is 5.81. The van der Waals surface area contributed by atoms with Gasteiger partial charge >= 0.3 is 12.1 Å². The fraction of sp³-hybridized carbons (Fsp3) is 0.467. The fourth-order valence-corrected chi connectivity index (χ4v) is 1.47. The van der Waals surface area contributed by atoms with Crippen LogP contribution in [0, 0.1) is 5.92 Å². The summed E-state index contributed by atoms with van der Waals surface area (Å²) in [5, 5.41) is 2.40. The van der Waals surface area contributed by atoms with Crippen LogP contribution in [0.25, 0.3) is 0 Å². The van der Waals surface area contributed by atoms with Crippen molar-refractivity contribution < 1.29 is 19.1 Å². The molecule has 1 rings (SSSR count). The fourth-order valence-electron chi connectivity index (χ4n) is 1.47. The van der Waals surface area contributed by atoms with Crippen LogP contribution in [0.3, 0.4) is 0 Å². The van der Waals surface area contributed by atoms with Crippen molar-refractivity contribution in [1.82, 2.24) is 5.32 Å². The second kappa shape index (κ2) is 8.97. The molecule has 0 spiro atoms. The third kappa shape index (κ3) is 6.76. The zero-order valence-corrected chi connectivity index (χ0v) is 12.4. The molecule has 0 aliphatic rings. The van der Waals surface area contributed by atoms with Crippen LogP contribution in [0.1, 0.15) is 19.4 Å². The van der Waals surface area contributed by atoms with Crippen molar-refractivity contribution in [1.29, 1.82) is 0 Å². The zero-order valence-electron chi connectivity index (χ0n) is 12.4. The van der Waals surface area contributed by atoms with Crippen LogP contribution >= 0.6 is 0 Å². The van der Waals surface area contributed by atoms with E-state index in [1.165, 1.54) is 0 Å². The molecule has 0 aromatic heterocycles. The number of benzene rings is 1. The highest BCUT2D eigenvalue weighted by Gasteiger charge is 2.21. The predicted octanol–water partition coefficient (Wildman–Crippen LogP) is 1.44. The molecule has 0 aliphatic heterocycles. The Labute approximate surface area is 124 Å². The average molecular weight is 294 g/mol. The van der Waals surface area contributed by atoms with Crippen LogP contribution in [0.2, 0.25) is 0 Å². The number of esters is 1. The lowest BCUT2D eigenvalue weighted by molar-refractivity contribution is -0.146. The van der Waals surface area contributed by atoms with E-state index in [2.05, 4.69) is 5.32 Å². The van der Waals surface area contributed by atoms with Crippen molar-refractivity contribution in [3.05, 3.63) is 35.9 Å². The summed E-state index contributed by atoms with van der Waals surface area (Å²) in [6, 6.07) is 8.35. The molecular formula is C15H22N2O4. The molecule has 0 aliphatic carbocycles. The first-order valence-corrected chi connectivity index (χ1v) is 6.86. The molecule has 0 radical (unpaired) electrons. The van der Waals surface area contributed by atoms with Crippen LogP contribution in [-0.4, -0.2) is 31.3 Å². The summed E-state index contributed by atoms with van der Waals surface area (Å²) in [5.41, 5.74) is 6.33. The Morgan fingerprint density at radius 1 is 1.19 bits per heavy atom. The molecule has 116 valence electrons. The Kier molecular flexibility index (Phi) is 7.25. The minimum absolute atomic E-state index is 0.0443. The molecule has 0 bridgehead atoms. The molecule has 0 heterocycles. The third-order valence-electron chi connectivity index (χ3n) is 2.58. The first-order chi connectivity index (χ1) is 10.0. The molecule has 0 unspecified atom stereocenters. The van der Waals surface area contributed by atoms with Crippen molar-refractivity contribution in [2.75, 3.05) is 13.2 Å². The molecule has 0 fully saturated rings. The van der Waals surface area contributed by atoms with Crippen LogP contribution < -0.4 is 11.1 Å². The lowest BCUT2D eigenvalue weighted by Crippen LogP contribution is -2.47. The van der Waals surface area contributed by atoms with E-state index in [-0.39, 0.29) is 25.7 Å². The van der Waals surface area contributed by atoms with Crippen LogP contribution in [0.4, 0.5) is 4.79 Å². The van der Waals surface area contributed by atoms with E-state index >= 15 is 0 Å². The maximum Gasteiger partial charge on any atom is 0.408 e. The van der Waals surface area contributed by atoms with Gasteiger partial charge < -0.3 is 20.5 Å². The van der Waals surface area contributed by atoms with Gasteiger partial charge in [0.05, 0.1) is 6.61 Å². The van der Waals surface area contributed by atoms with E-state index in [1.807, 2.05) is 44.2 Å². The summed E-state index contributed by atoms with van der Waals surface area (Å²) in [6.45, 7) is 4.22. The molecule has 0 saturated heterocycles. The van der Waals surface area contributed by atoms with Gasteiger partial charge in [0.25, 0.3) is 0 Å². The number of nitrogens with one attached hydrogen (secondary N) is 1. The minimum atomic E-state index is -0.896. The van der Waals surface area contributed by atoms with Gasteiger partial charge in [-0.15, -0.1) is 0 Å². The van der Waals surface area contributed by atoms with Gasteiger partial charge in [0.15, 0.2) is 0 Å². The van der Waals surface area contributed by atoms with Crippen LogP contribution in [-0.2, 0) is 20.9 Å². The van der Waals surface area contributed by atoms with Crippen LogP contribution in [0.5, 0.6) is 0 Å². The van der Waals surface area contributed by atoms with E-state index in [0.717, 1.165) is 5.56 Å². The summed E-state index contributed by atoms with van der Waals surface area (Å²) in [4.78, 5) is 23.3. The molecule has 6 nitrogen and oxygen atoms in total. The van der Waals surface area contributed by atoms with Gasteiger partial charge in [-0.3, -0.25) is 0 Å². The second-order valence-corrected chi connectivity index (χ2v) is 5.02. The first kappa shape index (κ1) is 17.0. The van der Waals surface area contributed by atoms with Crippen molar-refractivity contribution in [3.63, 3.8) is 0 Å². The number of carbonyl (C=O) groups excluding carboxylic acids is 2. The number of rotatable bonds is 7. The van der Waals surface area contributed by atoms with E-state index in [9.17, 15) is 9.59 Å². The number of nitrogens with two attached hydrogens (primary N) is 1. The smallest absolute Gasteiger partial charge is 0.408 e. The van der Waals surface area contributed by atoms with Gasteiger partial charge in [0.2, 0.25) is 0 Å². The van der Waals surface area contributed by atoms with Crippen molar-refractivity contribution in [2.45, 2.75) is 26.5 Å². The Balaban J connectivity index is 2.38. The molecule has 1 atom stereocenters. The summed E-state index contributed by atoms with van der Waals surface area (Å²) in [6.07, 6.45) is -0.698. The predicted molar refractivity (Wildman–Crippen MR) is 78.4 cm³/mol. The van der Waals surface area contributed by atoms with Gasteiger partial charge in [-0.25, -0.2) is 9.59 Å². The van der Waals surface area contributed by atoms with Gasteiger partial charge in [-0.05, 0) is 11.5 Å². The molecular weight excluding hydrogens is 272 g/mol. The van der Waals surface area contributed by atoms with Gasteiger partial charge in [-0.1, -0.05) is 44.2 Å². The molecule has 1 aromatic rings. The number of hydrogen-bond donors (Lipinski definition) is 2. The van der Waals surface area contributed by atoms with E-state index in [4.69, 9.17) is 15.2 Å². The van der Waals surface area contributed by atoms with Crippen molar-refractivity contribution >= 4 is 12.1 Å². The molecule has 1 amide bonds. The number of ether oxygens (including phenoxy) is 2. The summed E-state index contributed by atoms with van der Waals surface area (Å²) in [7, 11) is 0. The Morgan fingerprint density at radius 2 is 1.86 bits per heavy atom. The van der Waals surface area contributed by atoms with E-state index < -0.39 is 18.1 Å². The normalized spacial score (nSPS) is 11.8. The monoisotopic (exact) mass is 294 g/mol. The lowest BCUT2D eigenvalue weighted by atomic mass is 10.2. The van der Waals surface area contributed by atoms with Gasteiger partial charge in [-0.2, -0.15) is 0 Å². The summed E-state index contributed by atoms with van der Waals surface area (Å²) >= 11 is 0. The van der Waals surface area contributed by atoms with Crippen molar-refractivity contribution in [3.8, 4) is 0 Å². The minimum Gasteiger partial charge on any atom is -0.464 e. The zero-order chi connectivity index (χ0) is 15.7.